The summed E-state index contributed by atoms with van der Waals surface area (Å²) in [5.41, 5.74) is 0.591. The van der Waals surface area contributed by atoms with E-state index in [-0.39, 0.29) is 44.7 Å². The van der Waals surface area contributed by atoms with Crippen LogP contribution < -0.4 is 0 Å². The van der Waals surface area contributed by atoms with Gasteiger partial charge in [0.05, 0.1) is 15.5 Å². The fourth-order valence-electron chi connectivity index (χ4n) is 3.24. The number of hydrogen-bond acceptors (Lipinski definition) is 5. The number of allylic oxidation sites excluding steroid dienone is 2. The van der Waals surface area contributed by atoms with Gasteiger partial charge in [-0.15, -0.1) is 11.8 Å². The second-order valence-electron chi connectivity index (χ2n) is 6.34. The normalized spacial score (nSPS) is 21.8. The molecule has 1 aliphatic heterocycles. The number of benzene rings is 1. The first-order valence-corrected chi connectivity index (χ1v) is 11.8. The van der Waals surface area contributed by atoms with Gasteiger partial charge >= 0.3 is 0 Å². The Morgan fingerprint density at radius 2 is 2.00 bits per heavy atom. The highest BCUT2D eigenvalue weighted by Crippen LogP contribution is 2.42. The number of rotatable bonds is 5. The van der Waals surface area contributed by atoms with E-state index in [0.29, 0.717) is 18.4 Å². The van der Waals surface area contributed by atoms with Crippen LogP contribution in [0.1, 0.15) is 48.5 Å². The Bertz CT molecular complexity index is 919. The second-order valence-corrected chi connectivity index (χ2v) is 10.9. The van der Waals surface area contributed by atoms with Crippen molar-refractivity contribution in [2.45, 2.75) is 48.5 Å². The van der Waals surface area contributed by atoms with Crippen molar-refractivity contribution in [2.24, 2.45) is 0 Å². The summed E-state index contributed by atoms with van der Waals surface area (Å²) in [6.45, 7) is 1.99. The molecule has 0 spiro atoms. The van der Waals surface area contributed by atoms with E-state index in [1.165, 1.54) is 23.9 Å². The van der Waals surface area contributed by atoms with E-state index in [2.05, 4.69) is 0 Å². The van der Waals surface area contributed by atoms with Gasteiger partial charge in [-0.25, -0.2) is 8.42 Å². The van der Waals surface area contributed by atoms with Gasteiger partial charge in [-0.05, 0) is 42.7 Å². The molecule has 1 aromatic carbocycles. The van der Waals surface area contributed by atoms with Gasteiger partial charge in [0.2, 0.25) is 0 Å². The van der Waals surface area contributed by atoms with E-state index < -0.39 is 20.2 Å². The Kier molecular flexibility index (Phi) is 5.87. The van der Waals surface area contributed by atoms with Crippen LogP contribution >= 0.6 is 35.0 Å². The van der Waals surface area contributed by atoms with Gasteiger partial charge in [0, 0.05) is 23.4 Å². The maximum absolute atomic E-state index is 12.9. The highest BCUT2D eigenvalue weighted by molar-refractivity contribution is 8.13. The van der Waals surface area contributed by atoms with Crippen molar-refractivity contribution in [3.63, 3.8) is 0 Å². The van der Waals surface area contributed by atoms with Crippen LogP contribution in [0.25, 0.3) is 0 Å². The smallest absolute Gasteiger partial charge is 0.199 e. The average molecular weight is 433 g/mol. The van der Waals surface area contributed by atoms with E-state index in [0.717, 1.165) is 12.2 Å². The number of halogens is 2. The Morgan fingerprint density at radius 3 is 2.65 bits per heavy atom. The van der Waals surface area contributed by atoms with E-state index in [1.807, 2.05) is 6.92 Å². The number of sulfone groups is 1. The first kappa shape index (κ1) is 19.9. The van der Waals surface area contributed by atoms with Crippen molar-refractivity contribution < 1.29 is 18.0 Å². The lowest BCUT2D eigenvalue weighted by Crippen LogP contribution is -2.18. The van der Waals surface area contributed by atoms with E-state index in [4.69, 9.17) is 23.2 Å². The molecule has 0 amide bonds. The summed E-state index contributed by atoms with van der Waals surface area (Å²) in [5, 5.41) is 0.373. The topological polar surface area (TPSA) is 68.3 Å². The lowest BCUT2D eigenvalue weighted by Gasteiger charge is -2.15. The summed E-state index contributed by atoms with van der Waals surface area (Å²) in [5.74, 6) is -0.0699. The van der Waals surface area contributed by atoms with Gasteiger partial charge in [-0.2, -0.15) is 0 Å². The van der Waals surface area contributed by atoms with Gasteiger partial charge in [-0.1, -0.05) is 30.1 Å². The van der Waals surface area contributed by atoms with Crippen molar-refractivity contribution in [3.8, 4) is 0 Å². The molecule has 3 rings (SSSR count). The molecule has 0 bridgehead atoms. The quantitative estimate of drug-likeness (QED) is 0.503. The Morgan fingerprint density at radius 1 is 1.27 bits per heavy atom. The lowest BCUT2D eigenvalue weighted by molar-refractivity contribution is -0.115. The summed E-state index contributed by atoms with van der Waals surface area (Å²) in [6.07, 6.45) is 2.54. The number of fused-ring (bicyclic) bond motifs is 1. The SMILES string of the molecule is CCCSC1Cc2c(ccc(C(=O)C3=C(Cl)CCCC3=O)c2Cl)S1(=O)=O. The van der Waals surface area contributed by atoms with Gasteiger partial charge < -0.3 is 0 Å². The van der Waals surface area contributed by atoms with Crippen LogP contribution in [0.5, 0.6) is 0 Å². The minimum absolute atomic E-state index is 0.0162. The fraction of sp³-hybridized carbons (Fsp3) is 0.444. The minimum atomic E-state index is -3.47. The highest BCUT2D eigenvalue weighted by Gasteiger charge is 2.40. The summed E-state index contributed by atoms with van der Waals surface area (Å²) >= 11 is 13.9. The summed E-state index contributed by atoms with van der Waals surface area (Å²) in [7, 11) is -3.47. The zero-order chi connectivity index (χ0) is 19.1. The number of hydrogen-bond donors (Lipinski definition) is 0. The van der Waals surface area contributed by atoms with Crippen molar-refractivity contribution in [1.82, 2.24) is 0 Å². The largest absolute Gasteiger partial charge is 0.294 e. The van der Waals surface area contributed by atoms with Gasteiger partial charge in [-0.3, -0.25) is 9.59 Å². The zero-order valence-electron chi connectivity index (χ0n) is 14.2. The van der Waals surface area contributed by atoms with Gasteiger partial charge in [0.15, 0.2) is 21.4 Å². The van der Waals surface area contributed by atoms with E-state index in [9.17, 15) is 18.0 Å². The molecule has 26 heavy (non-hydrogen) atoms. The number of carbonyl (C=O) groups excluding carboxylic acids is 2. The molecule has 1 atom stereocenters. The number of thioether (sulfide) groups is 1. The van der Waals surface area contributed by atoms with Crippen LogP contribution in [-0.2, 0) is 21.1 Å². The molecule has 0 N–H and O–H groups in total. The van der Waals surface area contributed by atoms with Crippen molar-refractivity contribution in [2.75, 3.05) is 5.75 Å². The number of ketones is 2. The molecule has 0 radical (unpaired) electrons. The Labute approximate surface area is 167 Å². The van der Waals surface area contributed by atoms with Crippen LogP contribution in [0.4, 0.5) is 0 Å². The van der Waals surface area contributed by atoms with Crippen molar-refractivity contribution in [1.29, 1.82) is 0 Å². The van der Waals surface area contributed by atoms with Crippen molar-refractivity contribution >= 4 is 56.4 Å². The van der Waals surface area contributed by atoms with E-state index >= 15 is 0 Å². The van der Waals surface area contributed by atoms with Crippen LogP contribution in [-0.4, -0.2) is 30.3 Å². The zero-order valence-corrected chi connectivity index (χ0v) is 17.3. The molecule has 0 fully saturated rings. The highest BCUT2D eigenvalue weighted by atomic mass is 35.5. The third kappa shape index (κ3) is 3.37. The first-order valence-electron chi connectivity index (χ1n) is 8.42. The third-order valence-corrected chi connectivity index (χ3v) is 9.57. The molecule has 1 heterocycles. The van der Waals surface area contributed by atoms with Crippen LogP contribution in [0, 0.1) is 0 Å². The van der Waals surface area contributed by atoms with Gasteiger partial charge in [0.25, 0.3) is 0 Å². The Balaban J connectivity index is 2.02. The molecule has 0 saturated carbocycles. The third-order valence-electron chi connectivity index (χ3n) is 4.55. The molecule has 2 aliphatic rings. The van der Waals surface area contributed by atoms with Gasteiger partial charge in [0.1, 0.15) is 4.58 Å². The number of carbonyl (C=O) groups is 2. The fourth-order valence-corrected chi connectivity index (χ4v) is 7.51. The summed E-state index contributed by atoms with van der Waals surface area (Å²) in [4.78, 5) is 25.2. The maximum atomic E-state index is 12.9. The predicted octanol–water partition coefficient (Wildman–Crippen LogP) is 4.57. The summed E-state index contributed by atoms with van der Waals surface area (Å²) in [6, 6.07) is 2.82. The molecule has 0 saturated heterocycles. The first-order chi connectivity index (χ1) is 12.3. The summed E-state index contributed by atoms with van der Waals surface area (Å²) < 4.78 is 24.8. The monoisotopic (exact) mass is 432 g/mol. The molecular formula is C18H18Cl2O4S2. The molecule has 140 valence electrons. The van der Waals surface area contributed by atoms with Crippen LogP contribution in [0.3, 0.4) is 0 Å². The molecular weight excluding hydrogens is 415 g/mol. The molecule has 1 aliphatic carbocycles. The molecule has 0 aromatic heterocycles. The predicted molar refractivity (Wildman–Crippen MR) is 105 cm³/mol. The van der Waals surface area contributed by atoms with Crippen LogP contribution in [0.2, 0.25) is 5.02 Å². The second kappa shape index (κ2) is 7.66. The Hall–Kier alpha value is -0.820. The molecule has 4 nitrogen and oxygen atoms in total. The standard InChI is InChI=1S/C18H18Cl2O4S2/c1-2-8-25-15-9-11-14(26(15,23)24)7-6-10(17(11)20)18(22)16-12(19)4-3-5-13(16)21/h6-7,15H,2-5,8-9H2,1H3. The van der Waals surface area contributed by atoms with E-state index in [1.54, 1.807) is 0 Å². The van der Waals surface area contributed by atoms with Crippen molar-refractivity contribution in [3.05, 3.63) is 38.9 Å². The number of Topliss-reactive ketones (excluding diaryl/α,β-unsaturated/α-hetero) is 2. The lowest BCUT2D eigenvalue weighted by atomic mass is 9.91. The molecule has 1 aromatic rings. The molecule has 8 heteroatoms. The molecule has 1 unspecified atom stereocenters. The maximum Gasteiger partial charge on any atom is 0.199 e. The average Bonchev–Trinajstić information content (AvgIpc) is 2.84. The van der Waals surface area contributed by atoms with Crippen LogP contribution in [0.15, 0.2) is 27.6 Å². The minimum Gasteiger partial charge on any atom is -0.294 e.